The SMILES string of the molecule is N#Cc1cc(N)cc(Cl)c1I. The third-order valence-corrected chi connectivity index (χ3v) is 2.95. The van der Waals surface area contributed by atoms with Crippen LogP contribution >= 0.6 is 34.2 Å². The van der Waals surface area contributed by atoms with Crippen LogP contribution in [-0.4, -0.2) is 0 Å². The van der Waals surface area contributed by atoms with Crippen molar-refractivity contribution >= 4 is 39.9 Å². The van der Waals surface area contributed by atoms with Crippen molar-refractivity contribution in [1.82, 2.24) is 0 Å². The molecular weight excluding hydrogens is 274 g/mol. The second-order valence-electron chi connectivity index (χ2n) is 1.98. The monoisotopic (exact) mass is 278 g/mol. The second-order valence-corrected chi connectivity index (χ2v) is 3.46. The molecule has 0 heterocycles. The predicted octanol–water partition coefficient (Wildman–Crippen LogP) is 2.40. The molecule has 56 valence electrons. The van der Waals surface area contributed by atoms with Gasteiger partial charge in [-0.3, -0.25) is 0 Å². The Bertz CT molecular complexity index is 330. The number of rotatable bonds is 0. The maximum atomic E-state index is 8.60. The molecule has 0 spiro atoms. The average molecular weight is 278 g/mol. The highest BCUT2D eigenvalue weighted by molar-refractivity contribution is 14.1. The van der Waals surface area contributed by atoms with Crippen molar-refractivity contribution in [2.24, 2.45) is 0 Å². The lowest BCUT2D eigenvalue weighted by atomic mass is 10.2. The van der Waals surface area contributed by atoms with E-state index in [0.717, 1.165) is 3.57 Å². The zero-order valence-corrected chi connectivity index (χ0v) is 8.35. The van der Waals surface area contributed by atoms with E-state index in [1.807, 2.05) is 28.7 Å². The first-order valence-electron chi connectivity index (χ1n) is 2.79. The van der Waals surface area contributed by atoms with Crippen molar-refractivity contribution in [3.8, 4) is 6.07 Å². The molecule has 0 amide bonds. The summed E-state index contributed by atoms with van der Waals surface area (Å²) in [7, 11) is 0. The lowest BCUT2D eigenvalue weighted by molar-refractivity contribution is 1.46. The number of anilines is 1. The number of halogens is 2. The summed E-state index contributed by atoms with van der Waals surface area (Å²) in [6.07, 6.45) is 0. The molecule has 0 aliphatic heterocycles. The minimum atomic E-state index is 0.520. The van der Waals surface area contributed by atoms with Crippen molar-refractivity contribution in [3.05, 3.63) is 26.3 Å². The van der Waals surface area contributed by atoms with Crippen molar-refractivity contribution in [2.45, 2.75) is 0 Å². The van der Waals surface area contributed by atoms with Crippen LogP contribution in [0.15, 0.2) is 12.1 Å². The van der Waals surface area contributed by atoms with Crippen LogP contribution < -0.4 is 5.73 Å². The molecule has 0 bridgehead atoms. The van der Waals surface area contributed by atoms with Gasteiger partial charge in [0.2, 0.25) is 0 Å². The summed E-state index contributed by atoms with van der Waals surface area (Å²) in [6, 6.07) is 5.24. The number of nitriles is 1. The first-order valence-corrected chi connectivity index (χ1v) is 4.25. The van der Waals surface area contributed by atoms with Gasteiger partial charge in [0.1, 0.15) is 6.07 Å². The maximum absolute atomic E-state index is 8.60. The fourth-order valence-electron chi connectivity index (χ4n) is 0.691. The topological polar surface area (TPSA) is 49.8 Å². The average Bonchev–Trinajstić information content (AvgIpc) is 1.96. The number of hydrogen-bond donors (Lipinski definition) is 1. The summed E-state index contributed by atoms with van der Waals surface area (Å²) in [5, 5.41) is 9.13. The van der Waals surface area contributed by atoms with Crippen LogP contribution in [0.4, 0.5) is 5.69 Å². The Morgan fingerprint density at radius 1 is 1.55 bits per heavy atom. The third-order valence-electron chi connectivity index (χ3n) is 1.17. The Morgan fingerprint density at radius 3 is 2.73 bits per heavy atom. The molecule has 1 rings (SSSR count). The van der Waals surface area contributed by atoms with Crippen LogP contribution in [0, 0.1) is 14.9 Å². The summed E-state index contributed by atoms with van der Waals surface area (Å²) in [4.78, 5) is 0. The summed E-state index contributed by atoms with van der Waals surface area (Å²) >= 11 is 7.77. The summed E-state index contributed by atoms with van der Waals surface area (Å²) in [5.41, 5.74) is 6.51. The molecule has 2 N–H and O–H groups in total. The van der Waals surface area contributed by atoms with Crippen LogP contribution in [0.3, 0.4) is 0 Å². The molecule has 2 nitrogen and oxygen atoms in total. The van der Waals surface area contributed by atoms with Gasteiger partial charge >= 0.3 is 0 Å². The minimum absolute atomic E-state index is 0.520. The van der Waals surface area contributed by atoms with Crippen LogP contribution in [0.5, 0.6) is 0 Å². The van der Waals surface area contributed by atoms with Crippen molar-refractivity contribution in [2.75, 3.05) is 5.73 Å². The van der Waals surface area contributed by atoms with Crippen LogP contribution in [0.25, 0.3) is 0 Å². The van der Waals surface area contributed by atoms with E-state index in [4.69, 9.17) is 22.6 Å². The Balaban J connectivity index is 3.39. The molecule has 11 heavy (non-hydrogen) atoms. The van der Waals surface area contributed by atoms with Gasteiger partial charge in [-0.05, 0) is 34.7 Å². The standard InChI is InChI=1S/C7H4ClIN2/c8-6-2-5(11)1-4(3-10)7(6)9/h1-2H,11H2. The molecule has 1 aromatic carbocycles. The Hall–Kier alpha value is -0.470. The van der Waals surface area contributed by atoms with Gasteiger partial charge < -0.3 is 5.73 Å². The third kappa shape index (κ3) is 1.76. The molecule has 0 atom stereocenters. The molecule has 4 heteroatoms. The smallest absolute Gasteiger partial charge is 0.100 e. The van der Waals surface area contributed by atoms with E-state index in [0.29, 0.717) is 16.3 Å². The van der Waals surface area contributed by atoms with Gasteiger partial charge in [0.25, 0.3) is 0 Å². The van der Waals surface area contributed by atoms with E-state index >= 15 is 0 Å². The van der Waals surface area contributed by atoms with Crippen LogP contribution in [0.1, 0.15) is 5.56 Å². The van der Waals surface area contributed by atoms with Gasteiger partial charge in [0.15, 0.2) is 0 Å². The Labute approximate surface area is 83.1 Å². The zero-order valence-electron chi connectivity index (χ0n) is 5.44. The fraction of sp³-hybridized carbons (Fsp3) is 0. The normalized spacial score (nSPS) is 9.18. The summed E-state index contributed by atoms with van der Waals surface area (Å²) in [5.74, 6) is 0. The molecule has 1 aromatic rings. The first kappa shape index (κ1) is 8.62. The number of hydrogen-bond acceptors (Lipinski definition) is 2. The van der Waals surface area contributed by atoms with Gasteiger partial charge in [0, 0.05) is 9.26 Å². The van der Waals surface area contributed by atoms with Gasteiger partial charge in [0.05, 0.1) is 10.6 Å². The summed E-state index contributed by atoms with van der Waals surface area (Å²) < 4.78 is 0.751. The number of nitrogens with two attached hydrogens (primary N) is 1. The van der Waals surface area contributed by atoms with E-state index in [1.165, 1.54) is 0 Å². The highest BCUT2D eigenvalue weighted by atomic mass is 127. The Morgan fingerprint density at radius 2 is 2.18 bits per heavy atom. The lowest BCUT2D eigenvalue weighted by Gasteiger charge is -1.99. The number of nitrogens with zero attached hydrogens (tertiary/aromatic N) is 1. The highest BCUT2D eigenvalue weighted by Crippen LogP contribution is 2.24. The van der Waals surface area contributed by atoms with Crippen molar-refractivity contribution < 1.29 is 0 Å². The number of benzene rings is 1. The molecule has 0 fully saturated rings. The van der Waals surface area contributed by atoms with Crippen LogP contribution in [0.2, 0.25) is 5.02 Å². The predicted molar refractivity (Wildman–Crippen MR) is 53.3 cm³/mol. The van der Waals surface area contributed by atoms with Crippen molar-refractivity contribution in [1.29, 1.82) is 5.26 Å². The Kier molecular flexibility index (Phi) is 2.58. The van der Waals surface area contributed by atoms with E-state index < -0.39 is 0 Å². The van der Waals surface area contributed by atoms with Crippen molar-refractivity contribution in [3.63, 3.8) is 0 Å². The molecule has 0 radical (unpaired) electrons. The van der Waals surface area contributed by atoms with Gasteiger partial charge in [-0.1, -0.05) is 11.6 Å². The van der Waals surface area contributed by atoms with E-state index in [1.54, 1.807) is 12.1 Å². The molecule has 0 saturated carbocycles. The molecule has 0 aromatic heterocycles. The molecule has 0 unspecified atom stereocenters. The first-order chi connectivity index (χ1) is 5.15. The van der Waals surface area contributed by atoms with Crippen LogP contribution in [-0.2, 0) is 0 Å². The van der Waals surface area contributed by atoms with Gasteiger partial charge in [-0.2, -0.15) is 5.26 Å². The van der Waals surface area contributed by atoms with E-state index in [9.17, 15) is 0 Å². The van der Waals surface area contributed by atoms with Gasteiger partial charge in [-0.15, -0.1) is 0 Å². The minimum Gasteiger partial charge on any atom is -0.399 e. The van der Waals surface area contributed by atoms with E-state index in [-0.39, 0.29) is 0 Å². The van der Waals surface area contributed by atoms with E-state index in [2.05, 4.69) is 0 Å². The molecule has 0 saturated heterocycles. The quantitative estimate of drug-likeness (QED) is 0.585. The van der Waals surface area contributed by atoms with Gasteiger partial charge in [-0.25, -0.2) is 0 Å². The molecular formula is C7H4ClIN2. The molecule has 0 aliphatic rings. The highest BCUT2D eigenvalue weighted by Gasteiger charge is 2.03. The second kappa shape index (κ2) is 3.28. The summed E-state index contributed by atoms with van der Waals surface area (Å²) in [6.45, 7) is 0. The maximum Gasteiger partial charge on any atom is 0.100 e. The number of nitrogen functional groups attached to an aromatic ring is 1. The largest absolute Gasteiger partial charge is 0.399 e. The molecule has 0 aliphatic carbocycles. The fourth-order valence-corrected chi connectivity index (χ4v) is 1.35. The zero-order chi connectivity index (χ0) is 8.43. The lowest BCUT2D eigenvalue weighted by Crippen LogP contribution is -1.89.